The molecule has 3 rings (SSSR count). The lowest BCUT2D eigenvalue weighted by Crippen LogP contribution is -2.56. The highest BCUT2D eigenvalue weighted by Crippen LogP contribution is 2.26. The van der Waals surface area contributed by atoms with E-state index in [0.717, 1.165) is 4.88 Å². The number of thiazole rings is 1. The Bertz CT molecular complexity index is 1690. The number of nitrogens with zero attached hydrogens (tertiary/aromatic N) is 1. The second-order valence-electron chi connectivity index (χ2n) is 13.1. The van der Waals surface area contributed by atoms with E-state index in [9.17, 15) is 43.5 Å². The van der Waals surface area contributed by atoms with Crippen LogP contribution >= 0.6 is 11.3 Å². The van der Waals surface area contributed by atoms with Crippen molar-refractivity contribution in [1.82, 2.24) is 31.6 Å². The number of carbonyl (C=O) groups is 8. The average molecular weight is 742 g/mol. The van der Waals surface area contributed by atoms with Gasteiger partial charge in [0.1, 0.15) is 23.9 Å². The van der Waals surface area contributed by atoms with Gasteiger partial charge in [-0.1, -0.05) is 19.1 Å². The normalized spacial score (nSPS) is 21.8. The topological polar surface area (TPSA) is 256 Å². The van der Waals surface area contributed by atoms with Crippen LogP contribution in [0.1, 0.15) is 81.3 Å². The molecule has 282 valence electrons. The molecule has 0 radical (unpaired) electrons. The van der Waals surface area contributed by atoms with Crippen LogP contribution in [0, 0.1) is 5.92 Å². The van der Waals surface area contributed by atoms with E-state index in [0.29, 0.717) is 29.0 Å². The third-order valence-corrected chi connectivity index (χ3v) is 9.60. The summed E-state index contributed by atoms with van der Waals surface area (Å²) in [5.74, 6) is -5.23. The fourth-order valence-corrected chi connectivity index (χ4v) is 6.16. The highest BCUT2D eigenvalue weighted by Gasteiger charge is 2.28. The lowest BCUT2D eigenvalue weighted by Gasteiger charge is -2.23. The number of amides is 6. The van der Waals surface area contributed by atoms with Crippen LogP contribution in [0.3, 0.4) is 0 Å². The van der Waals surface area contributed by atoms with Gasteiger partial charge in [0.15, 0.2) is 11.6 Å². The average Bonchev–Trinajstić information content (AvgIpc) is 3.53. The number of Topliss-reactive ketones (excluding diaryl/α,β-unsaturated/α-hetero) is 2. The van der Waals surface area contributed by atoms with Crippen LogP contribution in [-0.4, -0.2) is 87.3 Å². The number of aromatic hydroxyl groups is 1. The van der Waals surface area contributed by atoms with Crippen LogP contribution in [0.4, 0.5) is 0 Å². The van der Waals surface area contributed by atoms with Gasteiger partial charge in [-0.05, 0) is 51.3 Å². The third kappa shape index (κ3) is 12.5. The summed E-state index contributed by atoms with van der Waals surface area (Å²) in [5, 5.41) is 24.1. The van der Waals surface area contributed by atoms with Gasteiger partial charge in [-0.3, -0.25) is 38.4 Å². The quantitative estimate of drug-likeness (QED) is 0.179. The summed E-state index contributed by atoms with van der Waals surface area (Å²) >= 11 is 1.36. The SMILES string of the molecule is C[C@H](CC(=O)[C@H](C)NC(=O)CCC(=O)[C@@H]1Cc2ccc(O)c(c2)Cc2cnc(s2)CCC(=O)N[C@@H](C)C(=O)N[C@@H](C)C(=O)N[C@@H](C)C(=O)N1)C(N)=O. The zero-order chi connectivity index (χ0) is 38.7. The van der Waals surface area contributed by atoms with Crippen molar-refractivity contribution in [2.45, 2.75) is 110 Å². The molecular weight excluding hydrogens is 694 g/mol. The first-order valence-electron chi connectivity index (χ1n) is 17.0. The monoisotopic (exact) mass is 741 g/mol. The maximum atomic E-state index is 13.6. The van der Waals surface area contributed by atoms with Crippen molar-refractivity contribution in [2.24, 2.45) is 11.7 Å². The highest BCUT2D eigenvalue weighted by molar-refractivity contribution is 7.11. The molecule has 8 N–H and O–H groups in total. The summed E-state index contributed by atoms with van der Waals surface area (Å²) in [6.07, 6.45) is 1.55. The third-order valence-electron chi connectivity index (χ3n) is 8.55. The largest absolute Gasteiger partial charge is 0.508 e. The smallest absolute Gasteiger partial charge is 0.242 e. The molecule has 17 heteroatoms. The zero-order valence-electron chi connectivity index (χ0n) is 29.9. The minimum Gasteiger partial charge on any atom is -0.508 e. The number of aryl methyl sites for hydroxylation is 1. The maximum Gasteiger partial charge on any atom is 0.242 e. The number of nitrogens with one attached hydrogen (secondary N) is 5. The van der Waals surface area contributed by atoms with E-state index in [2.05, 4.69) is 31.6 Å². The summed E-state index contributed by atoms with van der Waals surface area (Å²) in [7, 11) is 0. The number of phenols is 1. The highest BCUT2D eigenvalue weighted by atomic mass is 32.1. The molecule has 1 aliphatic rings. The van der Waals surface area contributed by atoms with E-state index in [4.69, 9.17) is 5.73 Å². The Morgan fingerprint density at radius 3 is 2.17 bits per heavy atom. The van der Waals surface area contributed by atoms with E-state index in [1.807, 2.05) is 0 Å². The van der Waals surface area contributed by atoms with E-state index in [-0.39, 0.29) is 43.8 Å². The standard InChI is InChI=1S/C35H47N7O9S/c1-17(32(36)48)12-28(45)18(2)38-29(46)9-8-27(44)25-14-22-6-7-26(43)23(13-22)15-24-16-37-31(52-24)11-10-30(47)39-19(3)33(49)40-20(4)34(50)41-21(5)35(51)42-25/h6-7,13,16-21,25,43H,8-12,14-15H2,1-5H3,(H2,36,48)(H,38,46)(H,39,47)(H,40,49)(H,41,50)(H,42,51)/t17-,18+,19+,20+,21+,25+/m1/s1. The van der Waals surface area contributed by atoms with E-state index in [1.165, 1.54) is 52.0 Å². The Hall–Kier alpha value is -5.19. The molecule has 2 heterocycles. The Morgan fingerprint density at radius 1 is 0.923 bits per heavy atom. The van der Waals surface area contributed by atoms with Crippen molar-refractivity contribution < 1.29 is 43.5 Å². The van der Waals surface area contributed by atoms with Crippen LogP contribution in [0.2, 0.25) is 0 Å². The first kappa shape index (κ1) is 41.2. The predicted molar refractivity (Wildman–Crippen MR) is 190 cm³/mol. The molecule has 6 amide bonds. The lowest BCUT2D eigenvalue weighted by molar-refractivity contribution is -0.134. The predicted octanol–water partition coefficient (Wildman–Crippen LogP) is -0.138. The van der Waals surface area contributed by atoms with Gasteiger partial charge < -0.3 is 37.4 Å². The van der Waals surface area contributed by atoms with Gasteiger partial charge in [-0.25, -0.2) is 4.98 Å². The van der Waals surface area contributed by atoms with Crippen LogP contribution in [-0.2, 0) is 57.6 Å². The number of primary amides is 1. The lowest BCUT2D eigenvalue weighted by atomic mass is 9.96. The zero-order valence-corrected chi connectivity index (χ0v) is 30.7. The number of carbonyl (C=O) groups excluding carboxylic acids is 8. The van der Waals surface area contributed by atoms with Crippen LogP contribution < -0.4 is 32.3 Å². The Kier molecular flexibility index (Phi) is 15.0. The fourth-order valence-electron chi connectivity index (χ4n) is 5.21. The number of benzene rings is 1. The van der Waals surface area contributed by atoms with Crippen molar-refractivity contribution in [3.8, 4) is 5.75 Å². The molecule has 0 saturated carbocycles. The number of ketones is 2. The molecule has 52 heavy (non-hydrogen) atoms. The molecular formula is C35H47N7O9S. The number of nitrogens with two attached hydrogens (primary N) is 1. The van der Waals surface area contributed by atoms with Crippen LogP contribution in [0.25, 0.3) is 0 Å². The number of fused-ring (bicyclic) bond motifs is 4. The summed E-state index contributed by atoms with van der Waals surface area (Å²) in [6, 6.07) is -0.475. The molecule has 4 bridgehead atoms. The molecule has 0 aliphatic carbocycles. The molecule has 6 atom stereocenters. The van der Waals surface area contributed by atoms with E-state index in [1.54, 1.807) is 18.3 Å². The molecule has 0 saturated heterocycles. The first-order chi connectivity index (χ1) is 24.4. The molecule has 0 spiro atoms. The Balaban J connectivity index is 1.83. The van der Waals surface area contributed by atoms with Crippen LogP contribution in [0.5, 0.6) is 5.75 Å². The van der Waals surface area contributed by atoms with Gasteiger partial charge in [0.05, 0.1) is 17.1 Å². The summed E-state index contributed by atoms with van der Waals surface area (Å²) in [5.41, 5.74) is 6.34. The number of hydrogen-bond acceptors (Lipinski definition) is 11. The number of rotatable bonds is 9. The summed E-state index contributed by atoms with van der Waals surface area (Å²) < 4.78 is 0. The summed E-state index contributed by atoms with van der Waals surface area (Å²) in [6.45, 7) is 7.25. The van der Waals surface area contributed by atoms with Crippen molar-refractivity contribution >= 4 is 58.3 Å². The van der Waals surface area contributed by atoms with Crippen molar-refractivity contribution in [2.75, 3.05) is 0 Å². The molecule has 0 unspecified atom stereocenters. The van der Waals surface area contributed by atoms with Gasteiger partial charge in [0.25, 0.3) is 0 Å². The van der Waals surface area contributed by atoms with Gasteiger partial charge in [-0.2, -0.15) is 0 Å². The molecule has 1 aliphatic heterocycles. The number of aromatic nitrogens is 1. The van der Waals surface area contributed by atoms with Gasteiger partial charge >= 0.3 is 0 Å². The second kappa shape index (κ2) is 18.9. The van der Waals surface area contributed by atoms with Crippen molar-refractivity contribution in [1.29, 1.82) is 0 Å². The molecule has 2 aromatic rings. The molecule has 0 fully saturated rings. The van der Waals surface area contributed by atoms with Gasteiger partial charge in [0, 0.05) is 55.5 Å². The Morgan fingerprint density at radius 2 is 1.54 bits per heavy atom. The molecule has 1 aromatic heterocycles. The molecule has 16 nitrogen and oxygen atoms in total. The number of phenolic OH excluding ortho intramolecular Hbond substituents is 1. The second-order valence-corrected chi connectivity index (χ2v) is 14.3. The minimum atomic E-state index is -1.15. The number of hydrogen-bond donors (Lipinski definition) is 7. The summed E-state index contributed by atoms with van der Waals surface area (Å²) in [4.78, 5) is 107. The van der Waals surface area contributed by atoms with Gasteiger partial charge in [0.2, 0.25) is 35.4 Å². The van der Waals surface area contributed by atoms with E-state index < -0.39 is 77.2 Å². The van der Waals surface area contributed by atoms with Crippen LogP contribution in [0.15, 0.2) is 24.4 Å². The van der Waals surface area contributed by atoms with Crippen molar-refractivity contribution in [3.05, 3.63) is 45.4 Å². The maximum absolute atomic E-state index is 13.6. The minimum absolute atomic E-state index is 0.00252. The van der Waals surface area contributed by atoms with E-state index >= 15 is 0 Å². The fraction of sp³-hybridized carbons (Fsp3) is 0.514. The Labute approximate surface area is 305 Å². The first-order valence-corrected chi connectivity index (χ1v) is 17.8. The van der Waals surface area contributed by atoms with Gasteiger partial charge in [-0.15, -0.1) is 11.3 Å². The van der Waals surface area contributed by atoms with Crippen molar-refractivity contribution in [3.63, 3.8) is 0 Å². The molecule has 1 aromatic carbocycles.